The highest BCUT2D eigenvalue weighted by Crippen LogP contribution is 2.23. The lowest BCUT2D eigenvalue weighted by atomic mass is 9.95. The predicted octanol–water partition coefficient (Wildman–Crippen LogP) is 1.16. The van der Waals surface area contributed by atoms with Gasteiger partial charge in [-0.2, -0.15) is 0 Å². The maximum atomic E-state index is 11.8. The van der Waals surface area contributed by atoms with Crippen molar-refractivity contribution >= 4 is 5.91 Å². The first kappa shape index (κ1) is 16.4. The summed E-state index contributed by atoms with van der Waals surface area (Å²) in [7, 11) is 3.57. The van der Waals surface area contributed by atoms with Gasteiger partial charge in [0.05, 0.1) is 25.2 Å². The normalized spacial score (nSPS) is 23.3. The van der Waals surface area contributed by atoms with E-state index in [0.29, 0.717) is 25.7 Å². The summed E-state index contributed by atoms with van der Waals surface area (Å²) < 4.78 is 11.2. The number of carbonyl (C=O) groups is 1. The van der Waals surface area contributed by atoms with Gasteiger partial charge in [0.2, 0.25) is 5.91 Å². The van der Waals surface area contributed by atoms with E-state index in [1.807, 2.05) is 7.05 Å². The van der Waals surface area contributed by atoms with Crippen molar-refractivity contribution in [3.63, 3.8) is 0 Å². The average Bonchev–Trinajstić information content (AvgIpc) is 2.44. The summed E-state index contributed by atoms with van der Waals surface area (Å²) in [6.07, 6.45) is 6.17. The maximum Gasteiger partial charge on any atom is 0.224 e. The molecule has 5 nitrogen and oxygen atoms in total. The molecule has 1 aliphatic carbocycles. The molecular weight excluding hydrogens is 244 g/mol. The summed E-state index contributed by atoms with van der Waals surface area (Å²) >= 11 is 0. The summed E-state index contributed by atoms with van der Waals surface area (Å²) in [6, 6.07) is 0. The van der Waals surface area contributed by atoms with E-state index in [4.69, 9.17) is 15.2 Å². The summed E-state index contributed by atoms with van der Waals surface area (Å²) in [5, 5.41) is 0. The zero-order valence-corrected chi connectivity index (χ0v) is 12.3. The number of nitrogens with two attached hydrogens (primary N) is 1. The van der Waals surface area contributed by atoms with Gasteiger partial charge in [-0.05, 0) is 38.6 Å². The van der Waals surface area contributed by atoms with Crippen LogP contribution >= 0.6 is 0 Å². The molecule has 112 valence electrons. The van der Waals surface area contributed by atoms with Crippen LogP contribution in [-0.4, -0.2) is 56.9 Å². The van der Waals surface area contributed by atoms with Gasteiger partial charge in [-0.1, -0.05) is 0 Å². The van der Waals surface area contributed by atoms with Crippen LogP contribution < -0.4 is 5.73 Å². The first-order valence-electron chi connectivity index (χ1n) is 7.25. The molecule has 0 aromatic rings. The topological polar surface area (TPSA) is 64.8 Å². The van der Waals surface area contributed by atoms with E-state index in [1.54, 1.807) is 12.0 Å². The highest BCUT2D eigenvalue weighted by atomic mass is 16.5. The molecule has 5 heteroatoms. The molecule has 0 heterocycles. The van der Waals surface area contributed by atoms with Gasteiger partial charge in [0.25, 0.3) is 0 Å². The van der Waals surface area contributed by atoms with Crippen molar-refractivity contribution in [2.75, 3.05) is 33.9 Å². The fraction of sp³-hybridized carbons (Fsp3) is 0.929. The second kappa shape index (κ2) is 9.28. The molecule has 0 aliphatic heterocycles. The zero-order chi connectivity index (χ0) is 14.1. The highest BCUT2D eigenvalue weighted by Gasteiger charge is 2.22. The van der Waals surface area contributed by atoms with E-state index in [2.05, 4.69) is 0 Å². The molecule has 2 N–H and O–H groups in total. The van der Waals surface area contributed by atoms with Gasteiger partial charge in [0.15, 0.2) is 0 Å². The SMILES string of the molecule is COC1CCCC(OCCC(=O)N(C)CCCN)C1. The van der Waals surface area contributed by atoms with Crippen LogP contribution in [0.25, 0.3) is 0 Å². The van der Waals surface area contributed by atoms with Crippen molar-refractivity contribution in [2.45, 2.75) is 50.7 Å². The van der Waals surface area contributed by atoms with Crippen LogP contribution in [0.1, 0.15) is 38.5 Å². The van der Waals surface area contributed by atoms with E-state index in [-0.39, 0.29) is 12.0 Å². The molecule has 1 aliphatic rings. The lowest BCUT2D eigenvalue weighted by Gasteiger charge is -2.28. The zero-order valence-electron chi connectivity index (χ0n) is 12.3. The lowest BCUT2D eigenvalue weighted by Crippen LogP contribution is -2.31. The Morgan fingerprint density at radius 1 is 1.37 bits per heavy atom. The van der Waals surface area contributed by atoms with Crippen LogP contribution in [0, 0.1) is 0 Å². The number of nitrogens with zero attached hydrogens (tertiary/aromatic N) is 1. The molecule has 0 saturated heterocycles. The van der Waals surface area contributed by atoms with Crippen LogP contribution in [0.2, 0.25) is 0 Å². The maximum absolute atomic E-state index is 11.8. The fourth-order valence-corrected chi connectivity index (χ4v) is 2.42. The van der Waals surface area contributed by atoms with Gasteiger partial charge < -0.3 is 20.1 Å². The highest BCUT2D eigenvalue weighted by molar-refractivity contribution is 5.75. The third-order valence-corrected chi connectivity index (χ3v) is 3.70. The number of rotatable bonds is 8. The van der Waals surface area contributed by atoms with Gasteiger partial charge in [0, 0.05) is 20.7 Å². The summed E-state index contributed by atoms with van der Waals surface area (Å²) in [6.45, 7) is 1.85. The van der Waals surface area contributed by atoms with Crippen LogP contribution in [-0.2, 0) is 14.3 Å². The van der Waals surface area contributed by atoms with Gasteiger partial charge in [-0.3, -0.25) is 4.79 Å². The van der Waals surface area contributed by atoms with E-state index in [9.17, 15) is 4.79 Å². The van der Waals surface area contributed by atoms with Crippen molar-refractivity contribution in [3.8, 4) is 0 Å². The first-order chi connectivity index (χ1) is 9.17. The Morgan fingerprint density at radius 2 is 2.11 bits per heavy atom. The first-order valence-corrected chi connectivity index (χ1v) is 7.25. The van der Waals surface area contributed by atoms with Crippen molar-refractivity contribution in [1.82, 2.24) is 4.90 Å². The third-order valence-electron chi connectivity index (χ3n) is 3.70. The molecule has 19 heavy (non-hydrogen) atoms. The predicted molar refractivity (Wildman–Crippen MR) is 74.9 cm³/mol. The van der Waals surface area contributed by atoms with Crippen LogP contribution in [0.3, 0.4) is 0 Å². The van der Waals surface area contributed by atoms with Gasteiger partial charge in [-0.25, -0.2) is 0 Å². The van der Waals surface area contributed by atoms with Crippen LogP contribution in [0.15, 0.2) is 0 Å². The second-order valence-electron chi connectivity index (χ2n) is 5.22. The lowest BCUT2D eigenvalue weighted by molar-refractivity contribution is -0.132. The standard InChI is InChI=1S/C14H28N2O3/c1-16(9-4-8-15)14(17)7-10-19-13-6-3-5-12(11-13)18-2/h12-13H,3-11,15H2,1-2H3. The molecule has 1 rings (SSSR count). The number of ether oxygens (including phenoxy) is 2. The Bertz CT molecular complexity index is 261. The summed E-state index contributed by atoms with van der Waals surface area (Å²) in [5.41, 5.74) is 5.43. The summed E-state index contributed by atoms with van der Waals surface area (Å²) in [4.78, 5) is 13.5. The minimum Gasteiger partial charge on any atom is -0.381 e. The van der Waals surface area contributed by atoms with Crippen molar-refractivity contribution in [1.29, 1.82) is 0 Å². The van der Waals surface area contributed by atoms with E-state index >= 15 is 0 Å². The van der Waals surface area contributed by atoms with Crippen LogP contribution in [0.4, 0.5) is 0 Å². The van der Waals surface area contributed by atoms with E-state index in [0.717, 1.165) is 38.6 Å². The van der Waals surface area contributed by atoms with Crippen molar-refractivity contribution < 1.29 is 14.3 Å². The summed E-state index contributed by atoms with van der Waals surface area (Å²) in [5.74, 6) is 0.132. The second-order valence-corrected chi connectivity index (χ2v) is 5.22. The third kappa shape index (κ3) is 6.36. The van der Waals surface area contributed by atoms with Crippen molar-refractivity contribution in [2.24, 2.45) is 5.73 Å². The number of amides is 1. The van der Waals surface area contributed by atoms with E-state index in [1.165, 1.54) is 0 Å². The fourth-order valence-electron chi connectivity index (χ4n) is 2.42. The van der Waals surface area contributed by atoms with Gasteiger partial charge in [0.1, 0.15) is 0 Å². The number of methoxy groups -OCH3 is 1. The van der Waals surface area contributed by atoms with E-state index < -0.39 is 0 Å². The molecule has 2 unspecified atom stereocenters. The molecule has 0 bridgehead atoms. The quantitative estimate of drug-likeness (QED) is 0.720. The number of hydrogen-bond donors (Lipinski definition) is 1. The Morgan fingerprint density at radius 3 is 2.79 bits per heavy atom. The average molecular weight is 272 g/mol. The molecule has 1 saturated carbocycles. The minimum absolute atomic E-state index is 0.132. The molecule has 0 aromatic carbocycles. The largest absolute Gasteiger partial charge is 0.381 e. The number of hydrogen-bond acceptors (Lipinski definition) is 4. The molecule has 1 fully saturated rings. The molecular formula is C14H28N2O3. The Labute approximate surface area is 116 Å². The minimum atomic E-state index is 0.132. The van der Waals surface area contributed by atoms with Crippen LogP contribution in [0.5, 0.6) is 0 Å². The van der Waals surface area contributed by atoms with Crippen molar-refractivity contribution in [3.05, 3.63) is 0 Å². The number of carbonyl (C=O) groups excluding carboxylic acids is 1. The molecule has 0 radical (unpaired) electrons. The Balaban J connectivity index is 2.13. The monoisotopic (exact) mass is 272 g/mol. The molecule has 0 spiro atoms. The Kier molecular flexibility index (Phi) is 8.02. The van der Waals surface area contributed by atoms with Gasteiger partial charge >= 0.3 is 0 Å². The molecule has 2 atom stereocenters. The Hall–Kier alpha value is -0.650. The smallest absolute Gasteiger partial charge is 0.224 e. The molecule has 1 amide bonds. The molecule has 0 aromatic heterocycles. The van der Waals surface area contributed by atoms with Gasteiger partial charge in [-0.15, -0.1) is 0 Å².